The van der Waals surface area contributed by atoms with Gasteiger partial charge in [0.1, 0.15) is 11.3 Å². The molecule has 4 rings (SSSR count). The summed E-state index contributed by atoms with van der Waals surface area (Å²) in [6.45, 7) is 1.89. The van der Waals surface area contributed by atoms with E-state index in [9.17, 15) is 36.6 Å². The number of thiophene rings is 1. The number of carbonyl (C=O) groups excluding carboxylic acids is 1. The highest BCUT2D eigenvalue weighted by molar-refractivity contribution is 7.14. The van der Waals surface area contributed by atoms with Crippen molar-refractivity contribution in [1.82, 2.24) is 4.90 Å². The number of nitrogens with zero attached hydrogens (tertiary/aromatic N) is 2. The van der Waals surface area contributed by atoms with Crippen LogP contribution >= 0.6 is 11.3 Å². The normalized spacial score (nSPS) is 20.7. The first-order valence-electron chi connectivity index (χ1n) is 14.9. The van der Waals surface area contributed by atoms with Crippen LogP contribution in [0.5, 0.6) is 10.8 Å². The molecule has 2 fully saturated rings. The maximum Gasteiger partial charge on any atom is 0.420 e. The minimum Gasteiger partial charge on any atom is -0.478 e. The van der Waals surface area contributed by atoms with Crippen LogP contribution in [0.15, 0.2) is 24.3 Å². The Hall–Kier alpha value is -2.81. The molecule has 14 heteroatoms. The maximum absolute atomic E-state index is 14.0. The summed E-state index contributed by atoms with van der Waals surface area (Å²) in [5, 5.41) is 9.65. The second-order valence-corrected chi connectivity index (χ2v) is 13.0. The molecule has 8 nitrogen and oxygen atoms in total. The molecule has 0 atom stereocenters. The lowest BCUT2D eigenvalue weighted by Gasteiger charge is -2.36. The summed E-state index contributed by atoms with van der Waals surface area (Å²) in [6, 6.07) is 3.95. The van der Waals surface area contributed by atoms with Crippen molar-refractivity contribution in [3.05, 3.63) is 40.3 Å². The number of benzene rings is 1. The lowest BCUT2D eigenvalue weighted by molar-refractivity contribution is -0.138. The van der Waals surface area contributed by atoms with Crippen molar-refractivity contribution in [1.29, 1.82) is 0 Å². The van der Waals surface area contributed by atoms with Gasteiger partial charge in [0.2, 0.25) is 5.91 Å². The first kappa shape index (κ1) is 35.1. The van der Waals surface area contributed by atoms with E-state index in [1.54, 1.807) is 0 Å². The van der Waals surface area contributed by atoms with E-state index in [4.69, 9.17) is 14.2 Å². The van der Waals surface area contributed by atoms with Gasteiger partial charge in [-0.1, -0.05) is 6.92 Å². The van der Waals surface area contributed by atoms with Gasteiger partial charge in [-0.2, -0.15) is 13.2 Å². The number of hydrogen-bond acceptors (Lipinski definition) is 7. The number of carbonyl (C=O) groups is 2. The number of carboxylic acid groups (broad SMARTS) is 1. The van der Waals surface area contributed by atoms with E-state index in [0.717, 1.165) is 25.0 Å². The van der Waals surface area contributed by atoms with Crippen molar-refractivity contribution in [2.75, 3.05) is 45.4 Å². The van der Waals surface area contributed by atoms with Gasteiger partial charge >= 0.3 is 12.1 Å². The number of likely N-dealkylation sites (tertiary alicyclic amines) is 1. The Morgan fingerprint density at radius 3 is 2.36 bits per heavy atom. The molecule has 1 aromatic heterocycles. The monoisotopic (exact) mass is 662 g/mol. The summed E-state index contributed by atoms with van der Waals surface area (Å²) < 4.78 is 86.1. The SMILES string of the molecule is COCC(COC)N(c1ccc(Oc2sc(CN3CCCC(F)(F)C3)cc2C(F)(F)F)cc1C(=O)O)C(=O)[C@H]1CC[C@H](C)CC1. The van der Waals surface area contributed by atoms with Crippen LogP contribution < -0.4 is 9.64 Å². The molecule has 250 valence electrons. The van der Waals surface area contributed by atoms with E-state index < -0.39 is 41.3 Å². The van der Waals surface area contributed by atoms with E-state index in [1.807, 2.05) is 0 Å². The average Bonchev–Trinajstić information content (AvgIpc) is 3.36. The van der Waals surface area contributed by atoms with E-state index in [-0.39, 0.29) is 66.3 Å². The van der Waals surface area contributed by atoms with Gasteiger partial charge in [-0.15, -0.1) is 11.3 Å². The van der Waals surface area contributed by atoms with Gasteiger partial charge in [0.05, 0.1) is 37.1 Å². The Morgan fingerprint density at radius 2 is 1.78 bits per heavy atom. The fourth-order valence-corrected chi connectivity index (χ4v) is 7.11. The zero-order chi connectivity index (χ0) is 32.9. The molecule has 2 heterocycles. The molecule has 1 amide bonds. The third kappa shape index (κ3) is 8.93. The summed E-state index contributed by atoms with van der Waals surface area (Å²) in [4.78, 5) is 29.4. The molecule has 1 N–H and O–H groups in total. The smallest absolute Gasteiger partial charge is 0.420 e. The third-order valence-corrected chi connectivity index (χ3v) is 9.26. The quantitative estimate of drug-likeness (QED) is 0.239. The number of alkyl halides is 5. The van der Waals surface area contributed by atoms with Gasteiger partial charge in [-0.25, -0.2) is 13.6 Å². The van der Waals surface area contributed by atoms with Crippen LogP contribution in [0, 0.1) is 11.8 Å². The molecule has 0 spiro atoms. The highest BCUT2D eigenvalue weighted by Crippen LogP contribution is 2.45. The lowest BCUT2D eigenvalue weighted by atomic mass is 9.82. The molecule has 2 aromatic rings. The first-order valence-corrected chi connectivity index (χ1v) is 15.7. The van der Waals surface area contributed by atoms with Crippen molar-refractivity contribution in [3.63, 3.8) is 0 Å². The molecule has 1 aromatic carbocycles. The highest BCUT2D eigenvalue weighted by Gasteiger charge is 2.39. The van der Waals surface area contributed by atoms with Crippen molar-refractivity contribution >= 4 is 28.9 Å². The third-order valence-electron chi connectivity index (χ3n) is 8.26. The number of piperidine rings is 1. The summed E-state index contributed by atoms with van der Waals surface area (Å²) in [7, 11) is 2.90. The number of ether oxygens (including phenoxy) is 3. The summed E-state index contributed by atoms with van der Waals surface area (Å²) >= 11 is 0.668. The molecule has 1 saturated heterocycles. The molecule has 45 heavy (non-hydrogen) atoms. The number of amides is 1. The first-order chi connectivity index (χ1) is 21.2. The number of rotatable bonds is 12. The second-order valence-electron chi connectivity index (χ2n) is 11.9. The van der Waals surface area contributed by atoms with Crippen LogP contribution in [0.2, 0.25) is 0 Å². The van der Waals surface area contributed by atoms with E-state index in [2.05, 4.69) is 6.92 Å². The van der Waals surface area contributed by atoms with Crippen LogP contribution in [0.3, 0.4) is 0 Å². The van der Waals surface area contributed by atoms with Gasteiger partial charge in [0.15, 0.2) is 5.06 Å². The standard InChI is InChI=1S/C31H39F5N2O6S/c1-19-5-7-20(8-6-19)27(39)38(21(16-42-2)17-43-3)26-10-9-22(13-24(26)28(40)41)44-29-25(31(34,35)36)14-23(45-29)15-37-12-4-11-30(32,33)18-37/h9-10,13-14,19-21H,4-8,11-12,15-18H2,1-3H3,(H,40,41)/t19-,20-. The molecule has 1 aliphatic heterocycles. The Balaban J connectivity index is 1.67. The number of hydrogen-bond donors (Lipinski definition) is 1. The molecular weight excluding hydrogens is 623 g/mol. The zero-order valence-corrected chi connectivity index (χ0v) is 26.3. The summed E-state index contributed by atoms with van der Waals surface area (Å²) in [5.41, 5.74) is -1.38. The van der Waals surface area contributed by atoms with Crippen LogP contribution in [-0.4, -0.2) is 74.4 Å². The molecule has 2 aliphatic rings. The minimum atomic E-state index is -4.81. The number of aromatic carboxylic acids is 1. The Kier molecular flexibility index (Phi) is 11.5. The Bertz CT molecular complexity index is 1320. The molecule has 0 radical (unpaired) electrons. The fourth-order valence-electron chi connectivity index (χ4n) is 6.02. The lowest BCUT2D eigenvalue weighted by Crippen LogP contribution is -2.49. The minimum absolute atomic E-state index is 0.0477. The predicted molar refractivity (Wildman–Crippen MR) is 158 cm³/mol. The predicted octanol–water partition coefficient (Wildman–Crippen LogP) is 7.31. The van der Waals surface area contributed by atoms with E-state index >= 15 is 0 Å². The fraction of sp³-hybridized carbons (Fsp3) is 0.613. The number of carboxylic acids is 1. The van der Waals surface area contributed by atoms with E-state index in [0.29, 0.717) is 36.6 Å². The molecule has 0 bridgehead atoms. The molecule has 0 unspecified atom stereocenters. The van der Waals surface area contributed by atoms with Crippen LogP contribution in [0.1, 0.15) is 66.2 Å². The number of methoxy groups -OCH3 is 2. The Labute approximate surface area is 263 Å². The molecular formula is C31H39F5N2O6S. The van der Waals surface area contributed by atoms with E-state index in [1.165, 1.54) is 36.2 Å². The zero-order valence-electron chi connectivity index (χ0n) is 25.5. The van der Waals surface area contributed by atoms with Gasteiger partial charge in [-0.3, -0.25) is 9.69 Å². The largest absolute Gasteiger partial charge is 0.478 e. The van der Waals surface area contributed by atoms with Gasteiger partial charge < -0.3 is 24.2 Å². The summed E-state index contributed by atoms with van der Waals surface area (Å²) in [6.07, 6.45) is -1.85. The van der Waals surface area contributed by atoms with Crippen LogP contribution in [0.25, 0.3) is 0 Å². The highest BCUT2D eigenvalue weighted by atomic mass is 32.1. The van der Waals surface area contributed by atoms with Crippen LogP contribution in [0.4, 0.5) is 27.6 Å². The number of halogens is 5. The molecule has 1 aliphatic carbocycles. The van der Waals surface area contributed by atoms with Gasteiger partial charge in [-0.05, 0) is 68.8 Å². The van der Waals surface area contributed by atoms with Gasteiger partial charge in [0, 0.05) is 38.0 Å². The molecule has 1 saturated carbocycles. The van der Waals surface area contributed by atoms with Crippen molar-refractivity contribution in [2.24, 2.45) is 11.8 Å². The van der Waals surface area contributed by atoms with Crippen molar-refractivity contribution < 1.29 is 50.9 Å². The van der Waals surface area contributed by atoms with Gasteiger partial charge in [0.25, 0.3) is 5.92 Å². The summed E-state index contributed by atoms with van der Waals surface area (Å²) in [5.74, 6) is -4.65. The van der Waals surface area contributed by atoms with Crippen molar-refractivity contribution in [2.45, 2.75) is 70.1 Å². The average molecular weight is 663 g/mol. The van der Waals surface area contributed by atoms with Crippen molar-refractivity contribution in [3.8, 4) is 10.8 Å². The second kappa shape index (κ2) is 14.7. The number of anilines is 1. The topological polar surface area (TPSA) is 88.5 Å². The Morgan fingerprint density at radius 1 is 1.11 bits per heavy atom. The van der Waals surface area contributed by atoms with Crippen LogP contribution in [-0.2, 0) is 27.0 Å². The maximum atomic E-state index is 14.0.